The van der Waals surface area contributed by atoms with Gasteiger partial charge in [-0.1, -0.05) is 105 Å². The molecule has 0 saturated carbocycles. The number of rotatable bonds is 21. The van der Waals surface area contributed by atoms with Gasteiger partial charge in [-0.25, -0.2) is 0 Å². The summed E-state index contributed by atoms with van der Waals surface area (Å²) >= 11 is 0. The van der Waals surface area contributed by atoms with Crippen molar-refractivity contribution in [3.63, 3.8) is 0 Å². The highest BCUT2D eigenvalue weighted by atomic mass is 16.5. The molecule has 0 unspecified atom stereocenters. The van der Waals surface area contributed by atoms with Gasteiger partial charge in [-0.05, 0) is 60.4 Å². The molecule has 0 spiro atoms. The maximum Gasteiger partial charge on any atom is 0.178 e. The van der Waals surface area contributed by atoms with Crippen molar-refractivity contribution < 1.29 is 28.5 Å². The summed E-state index contributed by atoms with van der Waals surface area (Å²) in [5.41, 5.74) is 0.434. The molecule has 0 heterocycles. The summed E-state index contributed by atoms with van der Waals surface area (Å²) in [7, 11) is 3.17. The first kappa shape index (κ1) is 41.6. The van der Waals surface area contributed by atoms with Crippen LogP contribution in [0, 0.1) is 33.5 Å². The Morgan fingerprint density at radius 2 is 0.880 bits per heavy atom. The molecule has 0 fully saturated rings. The summed E-state index contributed by atoms with van der Waals surface area (Å²) in [6.07, 6.45) is 14.6. The van der Waals surface area contributed by atoms with Crippen molar-refractivity contribution in [2.75, 3.05) is 27.4 Å². The van der Waals surface area contributed by atoms with E-state index in [-0.39, 0.29) is 22.7 Å². The van der Waals surface area contributed by atoms with E-state index < -0.39 is 10.8 Å². The zero-order valence-corrected chi connectivity index (χ0v) is 31.4. The fourth-order valence-corrected chi connectivity index (χ4v) is 5.21. The number of allylic oxidation sites excluding steroid dienone is 2. The topological polar surface area (TPSA) is 119 Å². The Hall–Kier alpha value is -4.56. The minimum absolute atomic E-state index is 0.123. The van der Waals surface area contributed by atoms with Crippen molar-refractivity contribution in [1.29, 1.82) is 10.5 Å². The predicted molar refractivity (Wildman–Crippen MR) is 199 cm³/mol. The average Bonchev–Trinajstić information content (AvgIpc) is 3.08. The molecule has 0 amide bonds. The Labute approximate surface area is 300 Å². The number of hydrogen-bond acceptors (Lipinski definition) is 8. The molecule has 2 aromatic rings. The van der Waals surface area contributed by atoms with Gasteiger partial charge in [0.2, 0.25) is 0 Å². The SMILES string of the molecule is COc1cc(C=C(C#N)C(=O)C(C)(C)C)ccc1OCCCCCCCCCCCCOc1ccc(C=C(C#N)C(=O)C(C)(C)C)cc1OC. The number of benzene rings is 2. The second-order valence-corrected chi connectivity index (χ2v) is 14.6. The summed E-state index contributed by atoms with van der Waals surface area (Å²) < 4.78 is 22.9. The number of unbranched alkanes of at least 4 members (excludes halogenated alkanes) is 9. The van der Waals surface area contributed by atoms with Crippen molar-refractivity contribution in [2.24, 2.45) is 10.8 Å². The van der Waals surface area contributed by atoms with Crippen LogP contribution in [0.4, 0.5) is 0 Å². The number of carbonyl (C=O) groups excluding carboxylic acids is 2. The molecule has 8 nitrogen and oxygen atoms in total. The van der Waals surface area contributed by atoms with Crippen LogP contribution < -0.4 is 18.9 Å². The molecular weight excluding hydrogens is 628 g/mol. The van der Waals surface area contributed by atoms with Crippen molar-refractivity contribution in [3.8, 4) is 35.1 Å². The van der Waals surface area contributed by atoms with E-state index in [0.29, 0.717) is 36.2 Å². The molecule has 0 aliphatic carbocycles. The van der Waals surface area contributed by atoms with E-state index in [9.17, 15) is 20.1 Å². The van der Waals surface area contributed by atoms with Crippen molar-refractivity contribution in [3.05, 3.63) is 58.7 Å². The Morgan fingerprint density at radius 1 is 0.560 bits per heavy atom. The van der Waals surface area contributed by atoms with Crippen molar-refractivity contribution in [2.45, 2.75) is 106 Å². The number of Topliss-reactive ketones (excluding diaryl/α,β-unsaturated/α-hetero) is 2. The molecule has 270 valence electrons. The lowest BCUT2D eigenvalue weighted by molar-refractivity contribution is -0.122. The van der Waals surface area contributed by atoms with E-state index in [1.54, 1.807) is 80.0 Å². The van der Waals surface area contributed by atoms with Crippen LogP contribution in [-0.4, -0.2) is 39.0 Å². The van der Waals surface area contributed by atoms with Crippen LogP contribution in [0.2, 0.25) is 0 Å². The fraction of sp³-hybridized carbons (Fsp3) is 0.524. The van der Waals surface area contributed by atoms with E-state index in [4.69, 9.17) is 18.9 Å². The molecule has 0 bridgehead atoms. The van der Waals surface area contributed by atoms with Crippen LogP contribution in [0.5, 0.6) is 23.0 Å². The smallest absolute Gasteiger partial charge is 0.178 e. The van der Waals surface area contributed by atoms with Crippen LogP contribution in [0.25, 0.3) is 12.2 Å². The molecule has 50 heavy (non-hydrogen) atoms. The van der Waals surface area contributed by atoms with Gasteiger partial charge >= 0.3 is 0 Å². The number of hydrogen-bond donors (Lipinski definition) is 0. The molecule has 0 atom stereocenters. The molecule has 2 rings (SSSR count). The summed E-state index contributed by atoms with van der Waals surface area (Å²) in [5.74, 6) is 2.08. The third-order valence-electron chi connectivity index (χ3n) is 8.14. The number of ether oxygens (including phenoxy) is 4. The summed E-state index contributed by atoms with van der Waals surface area (Å²) in [6.45, 7) is 12.0. The second-order valence-electron chi connectivity index (χ2n) is 14.6. The lowest BCUT2D eigenvalue weighted by Crippen LogP contribution is -2.21. The number of methoxy groups -OCH3 is 2. The molecule has 8 heteroatoms. The van der Waals surface area contributed by atoms with E-state index in [2.05, 4.69) is 0 Å². The Morgan fingerprint density at radius 3 is 1.16 bits per heavy atom. The number of carbonyl (C=O) groups is 2. The summed E-state index contributed by atoms with van der Waals surface area (Å²) in [5, 5.41) is 18.9. The molecule has 0 saturated heterocycles. The lowest BCUT2D eigenvalue weighted by atomic mass is 9.86. The van der Waals surface area contributed by atoms with Gasteiger partial charge in [-0.2, -0.15) is 10.5 Å². The second kappa shape index (κ2) is 20.8. The van der Waals surface area contributed by atoms with Crippen molar-refractivity contribution >= 4 is 23.7 Å². The number of nitrogens with zero attached hydrogens (tertiary/aromatic N) is 2. The molecule has 0 radical (unpaired) electrons. The van der Waals surface area contributed by atoms with E-state index in [1.807, 2.05) is 36.4 Å². The van der Waals surface area contributed by atoms with Gasteiger partial charge in [-0.3, -0.25) is 9.59 Å². The Balaban J connectivity index is 1.61. The quantitative estimate of drug-likeness (QED) is 0.0724. The van der Waals surface area contributed by atoms with Crippen LogP contribution in [0.1, 0.15) is 117 Å². The molecule has 0 N–H and O–H groups in total. The van der Waals surface area contributed by atoms with Crippen LogP contribution in [0.3, 0.4) is 0 Å². The maximum absolute atomic E-state index is 12.5. The fourth-order valence-electron chi connectivity index (χ4n) is 5.21. The first-order valence-electron chi connectivity index (χ1n) is 17.7. The van der Waals surface area contributed by atoms with E-state index >= 15 is 0 Å². The van der Waals surface area contributed by atoms with Crippen LogP contribution in [-0.2, 0) is 9.59 Å². The third-order valence-corrected chi connectivity index (χ3v) is 8.14. The summed E-state index contributed by atoms with van der Waals surface area (Å²) in [6, 6.07) is 15.0. The van der Waals surface area contributed by atoms with Crippen molar-refractivity contribution in [1.82, 2.24) is 0 Å². The number of nitriles is 2. The summed E-state index contributed by atoms with van der Waals surface area (Å²) in [4.78, 5) is 25.0. The van der Waals surface area contributed by atoms with Gasteiger partial charge in [0.05, 0.1) is 38.6 Å². The highest BCUT2D eigenvalue weighted by Gasteiger charge is 2.26. The van der Waals surface area contributed by atoms with Gasteiger partial charge < -0.3 is 18.9 Å². The highest BCUT2D eigenvalue weighted by molar-refractivity contribution is 6.06. The minimum atomic E-state index is -0.625. The monoisotopic (exact) mass is 684 g/mol. The van der Waals surface area contributed by atoms with Gasteiger partial charge in [-0.15, -0.1) is 0 Å². The first-order chi connectivity index (χ1) is 23.7. The van der Waals surface area contributed by atoms with Gasteiger partial charge in [0.25, 0.3) is 0 Å². The zero-order valence-electron chi connectivity index (χ0n) is 31.4. The van der Waals surface area contributed by atoms with Crippen LogP contribution in [0.15, 0.2) is 47.5 Å². The predicted octanol–water partition coefficient (Wildman–Crippen LogP) is 10.1. The zero-order chi connectivity index (χ0) is 37.2. The normalized spacial score (nSPS) is 12.1. The van der Waals surface area contributed by atoms with Gasteiger partial charge in [0.1, 0.15) is 12.1 Å². The third kappa shape index (κ3) is 14.1. The standard InChI is InChI=1S/C42H56N2O6/c1-41(2,3)39(45)33(29-43)25-31-19-21-35(37(27-31)47-7)49-23-17-15-13-11-9-10-12-14-16-18-24-50-36-22-20-32(28-38(36)48-8)26-34(30-44)40(46)42(4,5)6/h19-22,25-28H,9-18,23-24H2,1-8H3. The maximum atomic E-state index is 12.5. The highest BCUT2D eigenvalue weighted by Crippen LogP contribution is 2.31. The van der Waals surface area contributed by atoms with E-state index in [1.165, 1.54) is 38.5 Å². The molecule has 2 aromatic carbocycles. The molecule has 0 aliphatic heterocycles. The lowest BCUT2D eigenvalue weighted by Gasteiger charge is -2.15. The van der Waals surface area contributed by atoms with Gasteiger partial charge in [0.15, 0.2) is 34.6 Å². The largest absolute Gasteiger partial charge is 0.493 e. The average molecular weight is 685 g/mol. The minimum Gasteiger partial charge on any atom is -0.493 e. The first-order valence-corrected chi connectivity index (χ1v) is 17.7. The molecular formula is C42H56N2O6. The Bertz CT molecular complexity index is 1440. The van der Waals surface area contributed by atoms with Crippen LogP contribution >= 0.6 is 0 Å². The van der Waals surface area contributed by atoms with Gasteiger partial charge in [0, 0.05) is 10.8 Å². The van der Waals surface area contributed by atoms with E-state index in [0.717, 1.165) is 36.8 Å². The number of ketones is 2. The molecule has 0 aromatic heterocycles. The Kier molecular flexibility index (Phi) is 17.3. The molecule has 0 aliphatic rings.